The van der Waals surface area contributed by atoms with E-state index < -0.39 is 0 Å². The van der Waals surface area contributed by atoms with Gasteiger partial charge >= 0.3 is 0 Å². The summed E-state index contributed by atoms with van der Waals surface area (Å²) in [4.78, 5) is 12.4. The first-order valence-corrected chi connectivity index (χ1v) is 9.88. The lowest BCUT2D eigenvalue weighted by atomic mass is 10.2. The topological polar surface area (TPSA) is 90.7 Å². The molecule has 1 heterocycles. The van der Waals surface area contributed by atoms with E-state index in [1.165, 1.54) is 23.1 Å². The zero-order valence-electron chi connectivity index (χ0n) is 14.8. The van der Waals surface area contributed by atoms with Crippen molar-refractivity contribution in [2.75, 3.05) is 10.6 Å². The number of anilines is 3. The first kappa shape index (κ1) is 18.9. The third kappa shape index (κ3) is 5.06. The van der Waals surface area contributed by atoms with Crippen molar-refractivity contribution >= 4 is 45.5 Å². The Bertz CT molecular complexity index is 996. The van der Waals surface area contributed by atoms with Crippen molar-refractivity contribution in [1.82, 2.24) is 10.2 Å². The van der Waals surface area contributed by atoms with Crippen molar-refractivity contribution in [3.8, 4) is 6.07 Å². The van der Waals surface area contributed by atoms with Crippen LogP contribution in [0.4, 0.5) is 16.5 Å². The standard InChI is InChI=1S/C19H17N5OS2/c1-12-6-5-8-15(10-12)21-18-23-24-19(27-18)26-13(2)17(25)22-16-9-4-3-7-14(16)11-20/h3-10,13H,1-2H3,(H,21,23)(H,22,25)/t13-/m0/s1. The van der Waals surface area contributed by atoms with Crippen LogP contribution in [-0.4, -0.2) is 21.4 Å². The summed E-state index contributed by atoms with van der Waals surface area (Å²) in [7, 11) is 0. The van der Waals surface area contributed by atoms with Crippen LogP contribution in [0.1, 0.15) is 18.1 Å². The molecule has 0 saturated carbocycles. The van der Waals surface area contributed by atoms with Gasteiger partial charge in [0.25, 0.3) is 0 Å². The van der Waals surface area contributed by atoms with Crippen molar-refractivity contribution < 1.29 is 4.79 Å². The summed E-state index contributed by atoms with van der Waals surface area (Å²) in [5, 5.41) is 23.7. The number of nitrogens with zero attached hydrogens (tertiary/aromatic N) is 3. The van der Waals surface area contributed by atoms with Gasteiger partial charge in [0.2, 0.25) is 11.0 Å². The van der Waals surface area contributed by atoms with Gasteiger partial charge in [0.05, 0.1) is 16.5 Å². The van der Waals surface area contributed by atoms with Crippen LogP contribution >= 0.6 is 23.1 Å². The lowest BCUT2D eigenvalue weighted by Crippen LogP contribution is -2.22. The quantitative estimate of drug-likeness (QED) is 0.594. The monoisotopic (exact) mass is 395 g/mol. The van der Waals surface area contributed by atoms with Crippen molar-refractivity contribution in [3.05, 3.63) is 59.7 Å². The Morgan fingerprint density at radius 1 is 1.22 bits per heavy atom. The summed E-state index contributed by atoms with van der Waals surface area (Å²) in [6.07, 6.45) is 0. The fourth-order valence-corrected chi connectivity index (χ4v) is 4.20. The number of benzene rings is 2. The maximum absolute atomic E-state index is 12.4. The van der Waals surface area contributed by atoms with Crippen LogP contribution in [0.25, 0.3) is 0 Å². The Labute approximate surface area is 165 Å². The molecule has 0 spiro atoms. The number of nitrogens with one attached hydrogen (secondary N) is 2. The van der Waals surface area contributed by atoms with E-state index in [2.05, 4.69) is 26.9 Å². The highest BCUT2D eigenvalue weighted by Gasteiger charge is 2.18. The number of carbonyl (C=O) groups is 1. The minimum Gasteiger partial charge on any atom is -0.330 e. The average Bonchev–Trinajstić information content (AvgIpc) is 3.09. The highest BCUT2D eigenvalue weighted by atomic mass is 32.2. The molecule has 1 amide bonds. The summed E-state index contributed by atoms with van der Waals surface area (Å²) < 4.78 is 0.696. The molecule has 0 unspecified atom stereocenters. The van der Waals surface area contributed by atoms with Gasteiger partial charge in [-0.2, -0.15) is 5.26 Å². The maximum atomic E-state index is 12.4. The molecule has 3 rings (SSSR count). The number of aromatic nitrogens is 2. The highest BCUT2D eigenvalue weighted by Crippen LogP contribution is 2.31. The van der Waals surface area contributed by atoms with E-state index in [-0.39, 0.29) is 11.2 Å². The molecule has 0 saturated heterocycles. The molecular formula is C19H17N5OS2. The molecular weight excluding hydrogens is 378 g/mol. The van der Waals surface area contributed by atoms with Gasteiger partial charge in [-0.05, 0) is 43.7 Å². The van der Waals surface area contributed by atoms with E-state index in [9.17, 15) is 4.79 Å². The highest BCUT2D eigenvalue weighted by molar-refractivity contribution is 8.02. The number of amides is 1. The summed E-state index contributed by atoms with van der Waals surface area (Å²) in [5.74, 6) is -0.189. The van der Waals surface area contributed by atoms with E-state index in [0.717, 1.165) is 11.3 Å². The predicted octanol–water partition coefficient (Wildman–Crippen LogP) is 4.58. The fraction of sp³-hybridized carbons (Fsp3) is 0.158. The van der Waals surface area contributed by atoms with Gasteiger partial charge in [0, 0.05) is 5.69 Å². The third-order valence-corrected chi connectivity index (χ3v) is 5.65. The molecule has 27 heavy (non-hydrogen) atoms. The normalized spacial score (nSPS) is 11.4. The van der Waals surface area contributed by atoms with Crippen molar-refractivity contribution in [2.45, 2.75) is 23.4 Å². The fourth-order valence-electron chi connectivity index (χ4n) is 2.28. The van der Waals surface area contributed by atoms with Crippen LogP contribution in [0, 0.1) is 18.3 Å². The lowest BCUT2D eigenvalue weighted by molar-refractivity contribution is -0.115. The second-order valence-electron chi connectivity index (χ2n) is 5.77. The molecule has 8 heteroatoms. The smallest absolute Gasteiger partial charge is 0.237 e. The van der Waals surface area contributed by atoms with Gasteiger partial charge in [-0.1, -0.05) is 47.4 Å². The molecule has 0 radical (unpaired) electrons. The van der Waals surface area contributed by atoms with E-state index >= 15 is 0 Å². The third-order valence-electron chi connectivity index (χ3n) is 3.63. The molecule has 3 aromatic rings. The van der Waals surface area contributed by atoms with Crippen molar-refractivity contribution in [3.63, 3.8) is 0 Å². The molecule has 0 aliphatic carbocycles. The second kappa shape index (κ2) is 8.66. The van der Waals surface area contributed by atoms with Crippen LogP contribution in [0.5, 0.6) is 0 Å². The first-order chi connectivity index (χ1) is 13.0. The van der Waals surface area contributed by atoms with Crippen LogP contribution in [0.15, 0.2) is 52.9 Å². The van der Waals surface area contributed by atoms with Gasteiger partial charge in [-0.25, -0.2) is 0 Å². The Hall–Kier alpha value is -2.89. The summed E-state index contributed by atoms with van der Waals surface area (Å²) in [5.41, 5.74) is 3.05. The predicted molar refractivity (Wildman–Crippen MR) is 109 cm³/mol. The van der Waals surface area contributed by atoms with Crippen LogP contribution < -0.4 is 10.6 Å². The number of carbonyl (C=O) groups excluding carboxylic acids is 1. The maximum Gasteiger partial charge on any atom is 0.237 e. The molecule has 2 aromatic carbocycles. The van der Waals surface area contributed by atoms with E-state index in [0.29, 0.717) is 20.7 Å². The van der Waals surface area contributed by atoms with Gasteiger partial charge in [0.1, 0.15) is 6.07 Å². The van der Waals surface area contributed by atoms with E-state index in [1.54, 1.807) is 31.2 Å². The minimum absolute atomic E-state index is 0.189. The Balaban J connectivity index is 1.61. The number of hydrogen-bond acceptors (Lipinski definition) is 7. The van der Waals surface area contributed by atoms with Crippen molar-refractivity contribution in [1.29, 1.82) is 5.26 Å². The second-order valence-corrected chi connectivity index (χ2v) is 8.34. The Morgan fingerprint density at radius 2 is 2.04 bits per heavy atom. The molecule has 0 aliphatic heterocycles. The van der Waals surface area contributed by atoms with Crippen LogP contribution in [-0.2, 0) is 4.79 Å². The SMILES string of the molecule is Cc1cccc(Nc2nnc(S[C@@H](C)C(=O)Nc3ccccc3C#N)s2)c1. The molecule has 1 atom stereocenters. The number of aryl methyl sites for hydroxylation is 1. The van der Waals surface area contributed by atoms with Crippen molar-refractivity contribution in [2.24, 2.45) is 0 Å². The van der Waals surface area contributed by atoms with Crippen LogP contribution in [0.2, 0.25) is 0 Å². The molecule has 0 fully saturated rings. The Kier molecular flexibility index (Phi) is 6.06. The summed E-state index contributed by atoms with van der Waals surface area (Å²) in [6.45, 7) is 3.82. The number of para-hydroxylation sites is 1. The molecule has 1 aromatic heterocycles. The van der Waals surface area contributed by atoms with Gasteiger partial charge < -0.3 is 10.6 Å². The molecule has 6 nitrogen and oxygen atoms in total. The summed E-state index contributed by atoms with van der Waals surface area (Å²) in [6, 6.07) is 17.0. The van der Waals surface area contributed by atoms with Gasteiger partial charge in [-0.3, -0.25) is 4.79 Å². The largest absolute Gasteiger partial charge is 0.330 e. The zero-order chi connectivity index (χ0) is 19.2. The lowest BCUT2D eigenvalue weighted by Gasteiger charge is -2.11. The first-order valence-electron chi connectivity index (χ1n) is 8.19. The average molecular weight is 396 g/mol. The molecule has 2 N–H and O–H groups in total. The van der Waals surface area contributed by atoms with E-state index in [1.807, 2.05) is 31.2 Å². The number of nitriles is 1. The zero-order valence-corrected chi connectivity index (χ0v) is 16.4. The number of rotatable bonds is 6. The van der Waals surface area contributed by atoms with Crippen LogP contribution in [0.3, 0.4) is 0 Å². The van der Waals surface area contributed by atoms with Gasteiger partial charge in [0.15, 0.2) is 4.34 Å². The molecule has 0 bridgehead atoms. The summed E-state index contributed by atoms with van der Waals surface area (Å²) >= 11 is 2.72. The molecule has 136 valence electrons. The van der Waals surface area contributed by atoms with E-state index in [4.69, 9.17) is 5.26 Å². The minimum atomic E-state index is -0.378. The molecule has 0 aliphatic rings. The number of thioether (sulfide) groups is 1. The number of hydrogen-bond donors (Lipinski definition) is 2. The Morgan fingerprint density at radius 3 is 2.81 bits per heavy atom. The van der Waals surface area contributed by atoms with Gasteiger partial charge in [-0.15, -0.1) is 10.2 Å².